The highest BCUT2D eigenvalue weighted by Gasteiger charge is 2.23. The van der Waals surface area contributed by atoms with Gasteiger partial charge >= 0.3 is 13.8 Å². The second kappa shape index (κ2) is 43.5. The number of aliphatic hydroxyl groups is 1. The van der Waals surface area contributed by atoms with E-state index in [2.05, 4.69) is 61.7 Å². The summed E-state index contributed by atoms with van der Waals surface area (Å²) in [4.78, 5) is 33.9. The third kappa shape index (κ3) is 44.9. The molecule has 0 spiro atoms. The maximum atomic E-state index is 12.1. The minimum Gasteiger partial charge on any atom is -0.463 e. The van der Waals surface area contributed by atoms with Gasteiger partial charge in [-0.2, -0.15) is 0 Å². The van der Waals surface area contributed by atoms with Crippen LogP contribution in [0.2, 0.25) is 0 Å². The molecule has 2 unspecified atom stereocenters. The third-order valence-electron chi connectivity index (χ3n) is 9.76. The number of allylic oxidation sites excluding steroid dienone is 8. The molecule has 0 saturated heterocycles. The Balaban J connectivity index is 3.63. The molecule has 0 aromatic carbocycles. The average molecular weight is 824 g/mol. The van der Waals surface area contributed by atoms with Gasteiger partial charge in [0, 0.05) is 19.4 Å². The lowest BCUT2D eigenvalue weighted by molar-refractivity contribution is -0.147. The Kier molecular flexibility index (Phi) is 42.0. The number of rotatable bonds is 43. The zero-order valence-electron chi connectivity index (χ0n) is 36.5. The zero-order chi connectivity index (χ0) is 41.8. The molecule has 9 nitrogen and oxygen atoms in total. The molecule has 0 saturated carbocycles. The number of carbonyl (C=O) groups excluding carboxylic acids is 2. The highest BCUT2D eigenvalue weighted by molar-refractivity contribution is 7.47. The molecule has 0 aromatic rings. The number of unbranched alkanes of at least 4 members (excludes halogenated alkanes) is 22. The predicted octanol–water partition coefficient (Wildman–Crippen LogP) is 13.1. The second-order valence-electron chi connectivity index (χ2n) is 15.4. The largest absolute Gasteiger partial charge is 0.472 e. The monoisotopic (exact) mass is 824 g/mol. The van der Waals surface area contributed by atoms with Crippen molar-refractivity contribution in [3.63, 3.8) is 0 Å². The van der Waals surface area contributed by atoms with Crippen molar-refractivity contribution in [3.05, 3.63) is 48.6 Å². The van der Waals surface area contributed by atoms with Gasteiger partial charge in [0.05, 0.1) is 13.2 Å². The number of phosphoric ester groups is 1. The standard InChI is InChI=1S/C47H86NO8P/c1-3-5-7-9-11-13-15-17-19-21-22-24-25-27-29-31-33-35-37-39-46(50)48-41-42-55-57(52,53)56-44-45(49)43-54-47(51)40-38-36-34-32-30-28-26-23-20-18-16-14-12-10-8-6-4-2/h12,14,18,20,26,28,32,34,45,49H,3-11,13,15-17,19,21-25,27,29-31,33,35-44H2,1-2H3,(H,48,50)(H,52,53)/b14-12-,20-18-,28-26-,34-32-. The van der Waals surface area contributed by atoms with Crippen LogP contribution in [0.15, 0.2) is 48.6 Å². The van der Waals surface area contributed by atoms with Crippen molar-refractivity contribution >= 4 is 19.7 Å². The summed E-state index contributed by atoms with van der Waals surface area (Å²) in [5.74, 6) is -0.569. The first kappa shape index (κ1) is 55.0. The van der Waals surface area contributed by atoms with Crippen molar-refractivity contribution in [3.8, 4) is 0 Å². The van der Waals surface area contributed by atoms with Gasteiger partial charge in [-0.3, -0.25) is 18.6 Å². The summed E-state index contributed by atoms with van der Waals surface area (Å²) >= 11 is 0. The lowest BCUT2D eigenvalue weighted by Crippen LogP contribution is -2.27. The summed E-state index contributed by atoms with van der Waals surface area (Å²) in [6.45, 7) is 3.48. The minimum atomic E-state index is -4.43. The van der Waals surface area contributed by atoms with Gasteiger partial charge in [0.1, 0.15) is 12.7 Å². The highest BCUT2D eigenvalue weighted by Crippen LogP contribution is 2.42. The number of carbonyl (C=O) groups is 2. The average Bonchev–Trinajstić information content (AvgIpc) is 3.20. The van der Waals surface area contributed by atoms with E-state index in [1.165, 1.54) is 128 Å². The molecule has 10 heteroatoms. The van der Waals surface area contributed by atoms with E-state index in [0.717, 1.165) is 44.9 Å². The van der Waals surface area contributed by atoms with Crippen LogP contribution in [0, 0.1) is 0 Å². The fourth-order valence-corrected chi connectivity index (χ4v) is 7.01. The Morgan fingerprint density at radius 2 is 0.965 bits per heavy atom. The fraction of sp³-hybridized carbons (Fsp3) is 0.787. The molecule has 332 valence electrons. The molecule has 57 heavy (non-hydrogen) atoms. The van der Waals surface area contributed by atoms with Crippen molar-refractivity contribution < 1.29 is 37.9 Å². The topological polar surface area (TPSA) is 131 Å². The van der Waals surface area contributed by atoms with Crippen LogP contribution in [-0.4, -0.2) is 54.3 Å². The van der Waals surface area contributed by atoms with Gasteiger partial charge in [0.15, 0.2) is 0 Å². The molecule has 2 atom stereocenters. The van der Waals surface area contributed by atoms with E-state index >= 15 is 0 Å². The first-order chi connectivity index (χ1) is 27.8. The van der Waals surface area contributed by atoms with Gasteiger partial charge in [-0.25, -0.2) is 4.57 Å². The van der Waals surface area contributed by atoms with Crippen molar-refractivity contribution in [1.82, 2.24) is 5.32 Å². The van der Waals surface area contributed by atoms with Crippen LogP contribution in [0.1, 0.15) is 206 Å². The van der Waals surface area contributed by atoms with Crippen LogP contribution in [-0.2, 0) is 27.9 Å². The molecule has 0 radical (unpaired) electrons. The maximum Gasteiger partial charge on any atom is 0.472 e. The molecular formula is C47H86NO8P. The molecule has 0 aliphatic carbocycles. The van der Waals surface area contributed by atoms with Crippen LogP contribution in [0.4, 0.5) is 0 Å². The van der Waals surface area contributed by atoms with Crippen LogP contribution >= 0.6 is 7.82 Å². The van der Waals surface area contributed by atoms with Crippen molar-refractivity contribution in [2.75, 3.05) is 26.4 Å². The SMILES string of the molecule is CCCCC/C=C\C/C=C\C/C=C\C/C=C\CCCC(=O)OCC(O)COP(=O)(O)OCCNC(=O)CCCCCCCCCCCCCCCCCCCCC. The number of esters is 1. The summed E-state index contributed by atoms with van der Waals surface area (Å²) < 4.78 is 26.9. The minimum absolute atomic E-state index is 0.0765. The van der Waals surface area contributed by atoms with Crippen molar-refractivity contribution in [1.29, 1.82) is 0 Å². The number of phosphoric acid groups is 1. The van der Waals surface area contributed by atoms with E-state index in [4.69, 9.17) is 13.8 Å². The molecule has 0 heterocycles. The molecule has 0 aromatic heterocycles. The number of hydrogen-bond acceptors (Lipinski definition) is 7. The molecule has 0 aliphatic rings. The molecule has 3 N–H and O–H groups in total. The molecular weight excluding hydrogens is 737 g/mol. The molecule has 0 fully saturated rings. The number of hydrogen-bond donors (Lipinski definition) is 3. The van der Waals surface area contributed by atoms with E-state index in [0.29, 0.717) is 12.8 Å². The summed E-state index contributed by atoms with van der Waals surface area (Å²) in [6.07, 6.45) is 50.5. The normalized spacial score (nSPS) is 13.7. The van der Waals surface area contributed by atoms with Gasteiger partial charge < -0.3 is 20.1 Å². The second-order valence-corrected chi connectivity index (χ2v) is 16.8. The van der Waals surface area contributed by atoms with Gasteiger partial charge in [0.25, 0.3) is 0 Å². The van der Waals surface area contributed by atoms with Gasteiger partial charge in [-0.1, -0.05) is 191 Å². The van der Waals surface area contributed by atoms with Gasteiger partial charge in [0.2, 0.25) is 5.91 Å². The van der Waals surface area contributed by atoms with Gasteiger partial charge in [-0.05, 0) is 51.4 Å². The Hall–Kier alpha value is -2.03. The Bertz CT molecular complexity index is 1080. The molecule has 1 amide bonds. The fourth-order valence-electron chi connectivity index (χ4n) is 6.26. The van der Waals surface area contributed by atoms with E-state index in [9.17, 15) is 24.2 Å². The predicted molar refractivity (Wildman–Crippen MR) is 238 cm³/mol. The lowest BCUT2D eigenvalue weighted by atomic mass is 10.0. The van der Waals surface area contributed by atoms with E-state index in [1.54, 1.807) is 0 Å². The van der Waals surface area contributed by atoms with Crippen LogP contribution < -0.4 is 5.32 Å². The Morgan fingerprint density at radius 3 is 1.46 bits per heavy atom. The van der Waals surface area contributed by atoms with Crippen LogP contribution in [0.5, 0.6) is 0 Å². The first-order valence-corrected chi connectivity index (χ1v) is 24.6. The maximum absolute atomic E-state index is 12.1. The molecule has 0 aliphatic heterocycles. The van der Waals surface area contributed by atoms with Crippen LogP contribution in [0.3, 0.4) is 0 Å². The van der Waals surface area contributed by atoms with Crippen LogP contribution in [0.25, 0.3) is 0 Å². The van der Waals surface area contributed by atoms with Gasteiger partial charge in [-0.15, -0.1) is 0 Å². The highest BCUT2D eigenvalue weighted by atomic mass is 31.2. The molecule has 0 bridgehead atoms. The Labute approximate surface area is 349 Å². The third-order valence-corrected chi connectivity index (χ3v) is 10.7. The lowest BCUT2D eigenvalue weighted by Gasteiger charge is -2.15. The summed E-state index contributed by atoms with van der Waals surface area (Å²) in [7, 11) is -4.43. The summed E-state index contributed by atoms with van der Waals surface area (Å²) in [5, 5.41) is 12.7. The zero-order valence-corrected chi connectivity index (χ0v) is 37.4. The van der Waals surface area contributed by atoms with Crippen molar-refractivity contribution in [2.24, 2.45) is 0 Å². The van der Waals surface area contributed by atoms with E-state index in [-0.39, 0.29) is 32.1 Å². The number of nitrogens with one attached hydrogen (secondary N) is 1. The number of aliphatic hydroxyl groups excluding tert-OH is 1. The van der Waals surface area contributed by atoms with Crippen molar-refractivity contribution in [2.45, 2.75) is 213 Å². The molecule has 0 rings (SSSR count). The van der Waals surface area contributed by atoms with E-state index < -0.39 is 26.5 Å². The van der Waals surface area contributed by atoms with E-state index in [1.807, 2.05) is 6.08 Å². The summed E-state index contributed by atoms with van der Waals surface area (Å²) in [6, 6.07) is 0. The summed E-state index contributed by atoms with van der Waals surface area (Å²) in [5.41, 5.74) is 0. The number of amides is 1. The number of ether oxygens (including phenoxy) is 1. The first-order valence-electron chi connectivity index (χ1n) is 23.1. The quantitative estimate of drug-likeness (QED) is 0.0240. The Morgan fingerprint density at radius 1 is 0.544 bits per heavy atom. The smallest absolute Gasteiger partial charge is 0.463 e.